The van der Waals surface area contributed by atoms with Crippen molar-refractivity contribution in [2.24, 2.45) is 0 Å². The molecule has 1 aromatic rings. The average Bonchev–Trinajstić information content (AvgIpc) is 2.81. The van der Waals surface area contributed by atoms with Crippen LogP contribution in [0.1, 0.15) is 24.2 Å². The minimum atomic E-state index is 1.00. The maximum absolute atomic E-state index is 4.31. The van der Waals surface area contributed by atoms with Crippen LogP contribution in [0.2, 0.25) is 0 Å². The van der Waals surface area contributed by atoms with Gasteiger partial charge in [0, 0.05) is 32.7 Å². The smallest absolute Gasteiger partial charge is 0.0859 e. The number of nitrogens with zero attached hydrogens (tertiary/aromatic N) is 4. The molecule has 2 aliphatic rings. The molecule has 1 fully saturated rings. The molecule has 1 saturated heterocycles. The summed E-state index contributed by atoms with van der Waals surface area (Å²) in [7, 11) is 0. The number of hydrogen-bond donors (Lipinski definition) is 1. The van der Waals surface area contributed by atoms with E-state index in [9.17, 15) is 0 Å². The molecular weight excluding hydrogens is 214 g/mol. The van der Waals surface area contributed by atoms with Crippen molar-refractivity contribution >= 4 is 0 Å². The second-order valence-electron chi connectivity index (χ2n) is 5.00. The zero-order valence-electron chi connectivity index (χ0n) is 10.4. The van der Waals surface area contributed by atoms with E-state index in [1.807, 2.05) is 0 Å². The van der Waals surface area contributed by atoms with Crippen LogP contribution in [0.15, 0.2) is 0 Å². The summed E-state index contributed by atoms with van der Waals surface area (Å²) in [6.45, 7) is 6.68. The van der Waals surface area contributed by atoms with Gasteiger partial charge in [-0.25, -0.2) is 4.68 Å². The number of aromatic nitrogens is 3. The van der Waals surface area contributed by atoms with Crippen molar-refractivity contribution in [1.82, 2.24) is 25.2 Å². The van der Waals surface area contributed by atoms with Gasteiger partial charge in [0.15, 0.2) is 0 Å². The third-order valence-corrected chi connectivity index (χ3v) is 3.83. The molecule has 94 valence electrons. The fourth-order valence-electron chi connectivity index (χ4n) is 2.77. The molecular formula is C12H21N5. The second-order valence-corrected chi connectivity index (χ2v) is 5.00. The molecule has 5 heteroatoms. The SMILES string of the molecule is C1CCc2c(nnn2CCN2CCNCC2)C1. The molecule has 0 saturated carbocycles. The van der Waals surface area contributed by atoms with Gasteiger partial charge in [-0.3, -0.25) is 4.90 Å². The summed E-state index contributed by atoms with van der Waals surface area (Å²) in [6.07, 6.45) is 4.88. The second kappa shape index (κ2) is 5.14. The van der Waals surface area contributed by atoms with E-state index in [1.165, 1.54) is 30.7 Å². The molecule has 0 bridgehead atoms. The van der Waals surface area contributed by atoms with E-state index in [2.05, 4.69) is 25.2 Å². The van der Waals surface area contributed by atoms with Crippen molar-refractivity contribution in [2.75, 3.05) is 32.7 Å². The van der Waals surface area contributed by atoms with Crippen LogP contribution in [-0.2, 0) is 19.4 Å². The lowest BCUT2D eigenvalue weighted by Crippen LogP contribution is -2.44. The summed E-state index contributed by atoms with van der Waals surface area (Å²) in [5.74, 6) is 0. The maximum Gasteiger partial charge on any atom is 0.0859 e. The van der Waals surface area contributed by atoms with Gasteiger partial charge in [0.1, 0.15) is 0 Å². The number of aryl methyl sites for hydroxylation is 1. The first-order chi connectivity index (χ1) is 8.43. The summed E-state index contributed by atoms with van der Waals surface area (Å²) < 4.78 is 2.14. The third-order valence-electron chi connectivity index (χ3n) is 3.83. The van der Waals surface area contributed by atoms with Crippen molar-refractivity contribution in [3.63, 3.8) is 0 Å². The minimum absolute atomic E-state index is 1.00. The number of hydrogen-bond acceptors (Lipinski definition) is 4. The third kappa shape index (κ3) is 2.50. The van der Waals surface area contributed by atoms with Crippen molar-refractivity contribution in [2.45, 2.75) is 32.2 Å². The molecule has 0 spiro atoms. The fraction of sp³-hybridized carbons (Fsp3) is 0.833. The van der Waals surface area contributed by atoms with E-state index in [1.54, 1.807) is 0 Å². The van der Waals surface area contributed by atoms with Gasteiger partial charge in [-0.1, -0.05) is 5.21 Å². The van der Waals surface area contributed by atoms with Crippen LogP contribution in [0.3, 0.4) is 0 Å². The van der Waals surface area contributed by atoms with Crippen LogP contribution < -0.4 is 5.32 Å². The van der Waals surface area contributed by atoms with Crippen LogP contribution in [0.25, 0.3) is 0 Å². The zero-order chi connectivity index (χ0) is 11.5. The normalized spacial score (nSPS) is 21.4. The van der Waals surface area contributed by atoms with Gasteiger partial charge in [0.2, 0.25) is 0 Å². The van der Waals surface area contributed by atoms with Gasteiger partial charge >= 0.3 is 0 Å². The molecule has 5 nitrogen and oxygen atoms in total. The molecule has 1 aromatic heterocycles. The van der Waals surface area contributed by atoms with E-state index < -0.39 is 0 Å². The largest absolute Gasteiger partial charge is 0.314 e. The Balaban J connectivity index is 1.59. The number of rotatable bonds is 3. The lowest BCUT2D eigenvalue weighted by atomic mass is 10.0. The molecule has 1 aliphatic carbocycles. The Bertz CT molecular complexity index is 367. The Morgan fingerprint density at radius 3 is 2.76 bits per heavy atom. The van der Waals surface area contributed by atoms with Crippen molar-refractivity contribution in [1.29, 1.82) is 0 Å². The van der Waals surface area contributed by atoms with Gasteiger partial charge in [0.05, 0.1) is 17.9 Å². The number of piperazine rings is 1. The summed E-state index contributed by atoms with van der Waals surface area (Å²) in [5.41, 5.74) is 2.64. The molecule has 2 heterocycles. The first kappa shape index (κ1) is 11.2. The van der Waals surface area contributed by atoms with Crippen LogP contribution >= 0.6 is 0 Å². The highest BCUT2D eigenvalue weighted by molar-refractivity contribution is 5.13. The highest BCUT2D eigenvalue weighted by Crippen LogP contribution is 2.18. The van der Waals surface area contributed by atoms with Crippen molar-refractivity contribution in [3.05, 3.63) is 11.4 Å². The van der Waals surface area contributed by atoms with Crippen molar-refractivity contribution < 1.29 is 0 Å². The molecule has 0 aromatic carbocycles. The Labute approximate surface area is 102 Å². The van der Waals surface area contributed by atoms with Crippen LogP contribution in [0.5, 0.6) is 0 Å². The maximum atomic E-state index is 4.31. The van der Waals surface area contributed by atoms with Gasteiger partial charge < -0.3 is 5.32 Å². The molecule has 1 aliphatic heterocycles. The fourth-order valence-corrected chi connectivity index (χ4v) is 2.77. The highest BCUT2D eigenvalue weighted by Gasteiger charge is 2.17. The molecule has 0 amide bonds. The van der Waals surface area contributed by atoms with E-state index in [4.69, 9.17) is 0 Å². The Kier molecular flexibility index (Phi) is 3.38. The van der Waals surface area contributed by atoms with Crippen molar-refractivity contribution in [3.8, 4) is 0 Å². The molecule has 0 unspecified atom stereocenters. The molecule has 17 heavy (non-hydrogen) atoms. The van der Waals surface area contributed by atoms with E-state index in [0.29, 0.717) is 0 Å². The number of nitrogens with one attached hydrogen (secondary N) is 1. The Morgan fingerprint density at radius 2 is 1.88 bits per heavy atom. The lowest BCUT2D eigenvalue weighted by molar-refractivity contribution is 0.227. The molecule has 1 N–H and O–H groups in total. The van der Waals surface area contributed by atoms with E-state index >= 15 is 0 Å². The molecule has 0 radical (unpaired) electrons. The predicted octanol–water partition coefficient (Wildman–Crippen LogP) is 0.0621. The first-order valence-corrected chi connectivity index (χ1v) is 6.78. The first-order valence-electron chi connectivity index (χ1n) is 6.78. The minimum Gasteiger partial charge on any atom is -0.314 e. The van der Waals surface area contributed by atoms with Crippen LogP contribution in [-0.4, -0.2) is 52.6 Å². The van der Waals surface area contributed by atoms with Gasteiger partial charge in [0.25, 0.3) is 0 Å². The van der Waals surface area contributed by atoms with Gasteiger partial charge in [-0.05, 0) is 25.7 Å². The van der Waals surface area contributed by atoms with E-state index in [-0.39, 0.29) is 0 Å². The summed E-state index contributed by atoms with van der Waals surface area (Å²) in [4.78, 5) is 2.51. The van der Waals surface area contributed by atoms with Gasteiger partial charge in [-0.2, -0.15) is 0 Å². The van der Waals surface area contributed by atoms with Crippen LogP contribution in [0.4, 0.5) is 0 Å². The predicted molar refractivity (Wildman–Crippen MR) is 66.0 cm³/mol. The quantitative estimate of drug-likeness (QED) is 0.805. The molecule has 3 rings (SSSR count). The standard InChI is InChI=1S/C12H21N5/c1-2-4-12-11(3-1)14-15-17(12)10-9-16-7-5-13-6-8-16/h13H,1-10H2. The summed E-state index contributed by atoms with van der Waals surface area (Å²) in [6, 6.07) is 0. The van der Waals surface area contributed by atoms with Gasteiger partial charge in [-0.15, -0.1) is 5.10 Å². The average molecular weight is 235 g/mol. The zero-order valence-corrected chi connectivity index (χ0v) is 10.4. The summed E-state index contributed by atoms with van der Waals surface area (Å²) in [5, 5.41) is 12.0. The highest BCUT2D eigenvalue weighted by atomic mass is 15.4. The summed E-state index contributed by atoms with van der Waals surface area (Å²) >= 11 is 0. The molecule has 0 atom stereocenters. The Morgan fingerprint density at radius 1 is 1.06 bits per heavy atom. The Hall–Kier alpha value is -0.940. The van der Waals surface area contributed by atoms with E-state index in [0.717, 1.165) is 45.7 Å². The number of fused-ring (bicyclic) bond motifs is 1. The topological polar surface area (TPSA) is 46.0 Å². The monoisotopic (exact) mass is 235 g/mol. The lowest BCUT2D eigenvalue weighted by Gasteiger charge is -2.27. The van der Waals surface area contributed by atoms with Crippen LogP contribution in [0, 0.1) is 0 Å².